The van der Waals surface area contributed by atoms with Gasteiger partial charge in [-0.05, 0) is 59.7 Å². The van der Waals surface area contributed by atoms with Crippen molar-refractivity contribution in [3.05, 3.63) is 71.4 Å². The van der Waals surface area contributed by atoms with Gasteiger partial charge in [0.25, 0.3) is 0 Å². The number of ether oxygens (including phenoxy) is 2. The molecule has 6 nitrogen and oxygen atoms in total. The summed E-state index contributed by atoms with van der Waals surface area (Å²) in [6.07, 6.45) is 3.38. The number of H-pyrrole nitrogens is 3. The van der Waals surface area contributed by atoms with Gasteiger partial charge in [0.05, 0.1) is 25.6 Å². The van der Waals surface area contributed by atoms with E-state index in [1.165, 1.54) is 0 Å². The highest BCUT2D eigenvalue weighted by Gasteiger charge is 2.01. The van der Waals surface area contributed by atoms with Crippen molar-refractivity contribution in [1.82, 2.24) is 15.0 Å². The van der Waals surface area contributed by atoms with Crippen LogP contribution in [0.5, 0.6) is 11.5 Å². The Morgan fingerprint density at radius 1 is 0.680 bits per heavy atom. The van der Waals surface area contributed by atoms with Gasteiger partial charge in [-0.25, -0.2) is 4.79 Å². The van der Waals surface area contributed by atoms with Crippen molar-refractivity contribution in [2.75, 3.05) is 14.2 Å². The van der Waals surface area contributed by atoms with E-state index in [0.29, 0.717) is 5.69 Å². The number of aromatic amines is 3. The molecule has 0 atom stereocenters. The summed E-state index contributed by atoms with van der Waals surface area (Å²) in [5.74, 6) is 1.53. The van der Waals surface area contributed by atoms with Gasteiger partial charge in [-0.3, -0.25) is 0 Å². The number of hydrogen-bond acceptors (Lipinski definition) is 3. The van der Waals surface area contributed by atoms with Crippen LogP contribution in [-0.4, -0.2) is 29.2 Å². The first kappa shape index (κ1) is 16.4. The van der Waals surface area contributed by atoms with Crippen LogP contribution in [0.25, 0.3) is 22.5 Å². The largest absolute Gasteiger partial charge is 0.497 e. The molecule has 0 aliphatic heterocycles. The molecule has 1 heterocycles. The molecule has 0 spiro atoms. The average Bonchev–Trinajstić information content (AvgIpc) is 2.65. The quantitative estimate of drug-likeness (QED) is 0.681. The lowest BCUT2D eigenvalue weighted by atomic mass is 10.1. The molecule has 0 bridgehead atoms. The third-order valence-corrected chi connectivity index (χ3v) is 3.77. The Morgan fingerprint density at radius 2 is 1.16 bits per heavy atom. The van der Waals surface area contributed by atoms with Crippen molar-refractivity contribution >= 4 is 0 Å². The highest BCUT2D eigenvalue weighted by molar-refractivity contribution is 5.61. The average molecular weight is 337 g/mol. The molecule has 1 aromatic heterocycles. The van der Waals surface area contributed by atoms with Crippen molar-refractivity contribution in [2.45, 2.75) is 0 Å². The van der Waals surface area contributed by atoms with Gasteiger partial charge in [-0.2, -0.15) is 0 Å². The van der Waals surface area contributed by atoms with Crippen molar-refractivity contribution in [3.63, 3.8) is 0 Å². The molecule has 0 unspecified atom stereocenters. The summed E-state index contributed by atoms with van der Waals surface area (Å²) < 4.78 is 10.3. The molecule has 3 N–H and O–H groups in total. The van der Waals surface area contributed by atoms with E-state index in [1.807, 2.05) is 48.5 Å². The summed E-state index contributed by atoms with van der Waals surface area (Å²) in [6, 6.07) is 15.0. The van der Waals surface area contributed by atoms with E-state index in [0.717, 1.165) is 28.3 Å². The molecule has 128 valence electrons. The monoisotopic (exact) mass is 337 g/mol. The highest BCUT2D eigenvalue weighted by atomic mass is 16.5. The van der Waals surface area contributed by atoms with Gasteiger partial charge in [0.1, 0.15) is 11.5 Å². The molecule has 0 saturated carbocycles. The molecule has 0 fully saturated rings. The van der Waals surface area contributed by atoms with Crippen LogP contribution in [0.1, 0.15) is 0 Å². The zero-order valence-corrected chi connectivity index (χ0v) is 14.0. The smallest absolute Gasteiger partial charge is 0.323 e. The Labute approximate surface area is 144 Å². The van der Waals surface area contributed by atoms with Gasteiger partial charge >= 0.3 is 5.69 Å². The summed E-state index contributed by atoms with van der Waals surface area (Å²) in [4.78, 5) is 20.8. The van der Waals surface area contributed by atoms with Crippen LogP contribution in [0.4, 0.5) is 0 Å². The normalized spacial score (nSPS) is 10.2. The maximum absolute atomic E-state index is 12.0. The summed E-state index contributed by atoms with van der Waals surface area (Å²) in [7, 11) is 3.24. The maximum Gasteiger partial charge on any atom is 0.323 e. The predicted octanol–water partition coefficient (Wildman–Crippen LogP) is 3.51. The molecule has 2 aromatic carbocycles. The topological polar surface area (TPSA) is 82.9 Å². The maximum atomic E-state index is 12.0. The summed E-state index contributed by atoms with van der Waals surface area (Å²) >= 11 is 0. The molecular formula is C19H19N3O3. The van der Waals surface area contributed by atoms with Gasteiger partial charge in [0.15, 0.2) is 0 Å². The minimum atomic E-state index is -0.311. The minimum absolute atomic E-state index is 0.311. The van der Waals surface area contributed by atoms with Crippen LogP contribution in [0.2, 0.25) is 0 Å². The Balaban J connectivity index is 2.04. The van der Waals surface area contributed by atoms with Crippen molar-refractivity contribution < 1.29 is 9.47 Å². The third-order valence-electron chi connectivity index (χ3n) is 3.77. The lowest BCUT2D eigenvalue weighted by Gasteiger charge is -2.05. The number of benzene rings is 2. The van der Waals surface area contributed by atoms with Gasteiger partial charge in [-0.15, -0.1) is 0 Å². The van der Waals surface area contributed by atoms with Gasteiger partial charge < -0.3 is 24.4 Å². The number of aromatic nitrogens is 3. The van der Waals surface area contributed by atoms with Crippen LogP contribution >= 0.6 is 0 Å². The highest BCUT2D eigenvalue weighted by Crippen LogP contribution is 2.21. The van der Waals surface area contributed by atoms with E-state index in [1.54, 1.807) is 26.6 Å². The van der Waals surface area contributed by atoms with E-state index >= 15 is 0 Å². The molecule has 3 rings (SSSR count). The number of methoxy groups -OCH3 is 2. The van der Waals surface area contributed by atoms with E-state index in [-0.39, 0.29) is 5.69 Å². The third kappa shape index (κ3) is 3.92. The fourth-order valence-corrected chi connectivity index (χ4v) is 2.39. The van der Waals surface area contributed by atoms with Gasteiger partial charge in [0.2, 0.25) is 0 Å². The molecule has 0 saturated heterocycles. The number of hydrogen-bond donors (Lipinski definition) is 3. The summed E-state index contributed by atoms with van der Waals surface area (Å²) in [5, 5.41) is 0. The van der Waals surface area contributed by atoms with Gasteiger partial charge in [0, 0.05) is 12.4 Å². The zero-order valence-electron chi connectivity index (χ0n) is 14.0. The first-order valence-corrected chi connectivity index (χ1v) is 7.73. The minimum Gasteiger partial charge on any atom is -0.497 e. The second-order valence-corrected chi connectivity index (χ2v) is 5.32. The Morgan fingerprint density at radius 3 is 1.68 bits per heavy atom. The van der Waals surface area contributed by atoms with Crippen molar-refractivity contribution in [1.29, 1.82) is 0 Å². The number of nitrogens with one attached hydrogen (secondary N) is 3. The molecule has 0 aliphatic carbocycles. The van der Waals surface area contributed by atoms with E-state index in [2.05, 4.69) is 15.0 Å². The second-order valence-electron chi connectivity index (χ2n) is 5.32. The summed E-state index contributed by atoms with van der Waals surface area (Å²) in [6.45, 7) is 0. The van der Waals surface area contributed by atoms with Gasteiger partial charge in [-0.1, -0.05) is 0 Å². The molecule has 0 radical (unpaired) electrons. The van der Waals surface area contributed by atoms with E-state index in [4.69, 9.17) is 9.47 Å². The van der Waals surface area contributed by atoms with Crippen LogP contribution in [-0.2, 0) is 0 Å². The molecule has 3 aromatic rings. The van der Waals surface area contributed by atoms with Crippen LogP contribution < -0.4 is 15.2 Å². The second kappa shape index (κ2) is 7.44. The standard InChI is InChI=1S/C19H19N3O3/c1-24-15-7-3-13(4-8-15)17-11-21-19(23)22-18(12-20-17)14-5-9-16(25-2)10-6-14/h3-12,20H,1-2H3,(H2,21,22,23). The number of rotatable bonds is 4. The fraction of sp³-hybridized carbons (Fsp3) is 0.105. The van der Waals surface area contributed by atoms with E-state index in [9.17, 15) is 4.79 Å². The Hall–Kier alpha value is -3.41. The van der Waals surface area contributed by atoms with Crippen LogP contribution in [0.3, 0.4) is 0 Å². The first-order valence-electron chi connectivity index (χ1n) is 7.73. The fourth-order valence-electron chi connectivity index (χ4n) is 2.39. The zero-order chi connectivity index (χ0) is 17.6. The lowest BCUT2D eigenvalue weighted by Crippen LogP contribution is -2.08. The SMILES string of the molecule is COc1ccc(-c2c[nH]c(=O)[nH]c(-c3ccc(OC)cc3)c[nH]2)cc1. The van der Waals surface area contributed by atoms with E-state index < -0.39 is 0 Å². The molecule has 6 heteroatoms. The Bertz CT molecular complexity index is 933. The summed E-state index contributed by atoms with van der Waals surface area (Å²) in [5.41, 5.74) is 2.89. The molecule has 0 aliphatic rings. The molecular weight excluding hydrogens is 318 g/mol. The van der Waals surface area contributed by atoms with Crippen molar-refractivity contribution in [3.8, 4) is 34.0 Å². The lowest BCUT2D eigenvalue weighted by molar-refractivity contribution is 0.414. The molecule has 25 heavy (non-hydrogen) atoms. The van der Waals surface area contributed by atoms with Crippen molar-refractivity contribution in [2.24, 2.45) is 0 Å². The molecule has 0 amide bonds. The predicted molar refractivity (Wildman–Crippen MR) is 97.4 cm³/mol. The Kier molecular flexibility index (Phi) is 4.89. The van der Waals surface area contributed by atoms with Crippen LogP contribution in [0, 0.1) is 0 Å². The van der Waals surface area contributed by atoms with Crippen LogP contribution in [0.15, 0.2) is 65.7 Å². The first-order chi connectivity index (χ1) is 12.2.